The van der Waals surface area contributed by atoms with Crippen LogP contribution in [0.3, 0.4) is 0 Å². The third kappa shape index (κ3) is 5.43. The molecule has 19 heavy (non-hydrogen) atoms. The molecule has 0 bridgehead atoms. The summed E-state index contributed by atoms with van der Waals surface area (Å²) in [6.07, 6.45) is 8.97. The van der Waals surface area contributed by atoms with Gasteiger partial charge in [-0.15, -0.1) is 0 Å². The summed E-state index contributed by atoms with van der Waals surface area (Å²) in [5, 5.41) is 13.4. The zero-order valence-electron chi connectivity index (χ0n) is 13.5. The van der Waals surface area contributed by atoms with Crippen molar-refractivity contribution in [3.8, 4) is 0 Å². The minimum Gasteiger partial charge on any atom is -0.396 e. The highest BCUT2D eigenvalue weighted by Gasteiger charge is 2.28. The van der Waals surface area contributed by atoms with E-state index in [9.17, 15) is 5.11 Å². The Morgan fingerprint density at radius 3 is 2.42 bits per heavy atom. The first-order valence-electron chi connectivity index (χ1n) is 8.39. The lowest BCUT2D eigenvalue weighted by molar-refractivity contribution is 0.104. The minimum atomic E-state index is 0.102. The smallest absolute Gasteiger partial charge is 0.0499 e. The zero-order chi connectivity index (χ0) is 14.3. The summed E-state index contributed by atoms with van der Waals surface area (Å²) in [6.45, 7) is 10.4. The Kier molecular flexibility index (Phi) is 7.38. The highest BCUT2D eigenvalue weighted by molar-refractivity contribution is 4.84. The summed E-state index contributed by atoms with van der Waals surface area (Å²) in [5.74, 6) is 1.74. The van der Waals surface area contributed by atoms with Crippen LogP contribution in [0.2, 0.25) is 0 Å². The minimum absolute atomic E-state index is 0.102. The fourth-order valence-electron chi connectivity index (χ4n) is 3.50. The molecule has 1 aliphatic carbocycles. The average Bonchev–Trinajstić information content (AvgIpc) is 2.41. The van der Waals surface area contributed by atoms with E-state index in [1.54, 1.807) is 0 Å². The van der Waals surface area contributed by atoms with Gasteiger partial charge in [0.05, 0.1) is 0 Å². The number of hydrogen-bond donors (Lipinski definition) is 2. The van der Waals surface area contributed by atoms with Crippen molar-refractivity contribution >= 4 is 0 Å². The van der Waals surface area contributed by atoms with E-state index < -0.39 is 0 Å². The molecule has 1 rings (SSSR count). The maximum absolute atomic E-state index is 9.64. The molecule has 0 aromatic heterocycles. The van der Waals surface area contributed by atoms with E-state index in [0.29, 0.717) is 12.6 Å². The van der Waals surface area contributed by atoms with E-state index >= 15 is 0 Å². The monoisotopic (exact) mass is 269 g/mol. The first kappa shape index (κ1) is 17.0. The maximum atomic E-state index is 9.64. The SMILES string of the molecule is CCC(CC)(CO)CNC1CCCC(CC(C)C)C1. The Hall–Kier alpha value is -0.0800. The van der Waals surface area contributed by atoms with Gasteiger partial charge in [0.15, 0.2) is 0 Å². The van der Waals surface area contributed by atoms with E-state index in [1.165, 1.54) is 32.1 Å². The first-order valence-corrected chi connectivity index (χ1v) is 8.39. The predicted molar refractivity (Wildman–Crippen MR) is 83.3 cm³/mol. The molecule has 0 saturated heterocycles. The third-order valence-electron chi connectivity index (χ3n) is 5.19. The summed E-state index contributed by atoms with van der Waals surface area (Å²) >= 11 is 0. The standard InChI is InChI=1S/C17H35NO/c1-5-17(6-2,13-19)12-18-16-9-7-8-15(11-16)10-14(3)4/h14-16,18-19H,5-13H2,1-4H3. The molecule has 1 fully saturated rings. The highest BCUT2D eigenvalue weighted by atomic mass is 16.3. The summed E-state index contributed by atoms with van der Waals surface area (Å²) in [6, 6.07) is 0.682. The molecule has 114 valence electrons. The normalized spacial score (nSPS) is 24.9. The fourth-order valence-corrected chi connectivity index (χ4v) is 3.50. The topological polar surface area (TPSA) is 32.3 Å². The number of hydrogen-bond acceptors (Lipinski definition) is 2. The average molecular weight is 269 g/mol. The number of aliphatic hydroxyl groups excluding tert-OH is 1. The first-order chi connectivity index (χ1) is 9.05. The van der Waals surface area contributed by atoms with Crippen LogP contribution in [0.25, 0.3) is 0 Å². The molecule has 2 nitrogen and oxygen atoms in total. The van der Waals surface area contributed by atoms with Crippen molar-refractivity contribution in [3.05, 3.63) is 0 Å². The van der Waals surface area contributed by atoms with Crippen LogP contribution in [0, 0.1) is 17.3 Å². The molecule has 0 spiro atoms. The van der Waals surface area contributed by atoms with E-state index in [4.69, 9.17) is 0 Å². The van der Waals surface area contributed by atoms with Crippen molar-refractivity contribution in [1.29, 1.82) is 0 Å². The van der Waals surface area contributed by atoms with Crippen LogP contribution in [0.15, 0.2) is 0 Å². The van der Waals surface area contributed by atoms with Crippen LogP contribution in [0.1, 0.15) is 72.6 Å². The van der Waals surface area contributed by atoms with Gasteiger partial charge in [0, 0.05) is 24.6 Å². The van der Waals surface area contributed by atoms with Gasteiger partial charge in [0.25, 0.3) is 0 Å². The van der Waals surface area contributed by atoms with Crippen molar-refractivity contribution in [3.63, 3.8) is 0 Å². The molecule has 2 heteroatoms. The van der Waals surface area contributed by atoms with Crippen molar-refractivity contribution < 1.29 is 5.11 Å². The van der Waals surface area contributed by atoms with Crippen molar-refractivity contribution in [2.45, 2.75) is 78.7 Å². The molecule has 1 saturated carbocycles. The molecule has 0 heterocycles. The molecular formula is C17H35NO. The second-order valence-electron chi connectivity index (χ2n) is 7.11. The maximum Gasteiger partial charge on any atom is 0.0499 e. The van der Waals surface area contributed by atoms with Crippen molar-refractivity contribution in [2.24, 2.45) is 17.3 Å². The Labute approximate surface area is 120 Å². The van der Waals surface area contributed by atoms with Gasteiger partial charge in [0.1, 0.15) is 0 Å². The van der Waals surface area contributed by atoms with Gasteiger partial charge < -0.3 is 10.4 Å². The molecular weight excluding hydrogens is 234 g/mol. The van der Waals surface area contributed by atoms with Gasteiger partial charge >= 0.3 is 0 Å². The van der Waals surface area contributed by atoms with Gasteiger partial charge in [-0.25, -0.2) is 0 Å². The number of rotatable bonds is 8. The van der Waals surface area contributed by atoms with Crippen LogP contribution in [0.4, 0.5) is 0 Å². The molecule has 1 aliphatic rings. The van der Waals surface area contributed by atoms with Crippen LogP contribution in [-0.4, -0.2) is 24.3 Å². The summed E-state index contributed by atoms with van der Waals surface area (Å²) in [4.78, 5) is 0. The lowest BCUT2D eigenvalue weighted by atomic mass is 9.79. The highest BCUT2D eigenvalue weighted by Crippen LogP contribution is 2.31. The molecule has 2 N–H and O–H groups in total. The van der Waals surface area contributed by atoms with Crippen LogP contribution < -0.4 is 5.32 Å². The molecule has 2 atom stereocenters. The van der Waals surface area contributed by atoms with Crippen LogP contribution in [-0.2, 0) is 0 Å². The molecule has 0 aliphatic heterocycles. The molecule has 0 radical (unpaired) electrons. The zero-order valence-corrected chi connectivity index (χ0v) is 13.5. The van der Waals surface area contributed by atoms with Gasteiger partial charge in [-0.2, -0.15) is 0 Å². The Balaban J connectivity index is 2.39. The quantitative estimate of drug-likeness (QED) is 0.698. The van der Waals surface area contributed by atoms with Crippen molar-refractivity contribution in [2.75, 3.05) is 13.2 Å². The lowest BCUT2D eigenvalue weighted by Crippen LogP contribution is -2.43. The van der Waals surface area contributed by atoms with Crippen LogP contribution >= 0.6 is 0 Å². The Morgan fingerprint density at radius 2 is 1.89 bits per heavy atom. The van der Waals surface area contributed by atoms with E-state index in [0.717, 1.165) is 31.2 Å². The van der Waals surface area contributed by atoms with E-state index in [-0.39, 0.29) is 5.41 Å². The number of nitrogens with one attached hydrogen (secondary N) is 1. The van der Waals surface area contributed by atoms with Gasteiger partial charge in [-0.3, -0.25) is 0 Å². The number of aliphatic hydroxyl groups is 1. The summed E-state index contributed by atoms with van der Waals surface area (Å²) in [5.41, 5.74) is 0.102. The van der Waals surface area contributed by atoms with Crippen molar-refractivity contribution in [1.82, 2.24) is 5.32 Å². The molecule has 0 aromatic carbocycles. The second-order valence-corrected chi connectivity index (χ2v) is 7.11. The van der Waals surface area contributed by atoms with Gasteiger partial charge in [-0.05, 0) is 43.9 Å². The summed E-state index contributed by atoms with van der Waals surface area (Å²) in [7, 11) is 0. The molecule has 0 aromatic rings. The molecule has 0 amide bonds. The predicted octanol–water partition coefficient (Wildman–Crippen LogP) is 3.98. The van der Waals surface area contributed by atoms with E-state index in [1.807, 2.05) is 0 Å². The van der Waals surface area contributed by atoms with Gasteiger partial charge in [-0.1, -0.05) is 40.5 Å². The van der Waals surface area contributed by atoms with E-state index in [2.05, 4.69) is 33.0 Å². The lowest BCUT2D eigenvalue weighted by Gasteiger charge is -2.35. The summed E-state index contributed by atoms with van der Waals surface area (Å²) < 4.78 is 0. The molecule has 2 unspecified atom stereocenters. The third-order valence-corrected chi connectivity index (χ3v) is 5.19. The Morgan fingerprint density at radius 1 is 1.21 bits per heavy atom. The second kappa shape index (κ2) is 8.26. The Bertz CT molecular complexity index is 227. The largest absolute Gasteiger partial charge is 0.396 e. The van der Waals surface area contributed by atoms with Gasteiger partial charge in [0.2, 0.25) is 0 Å². The van der Waals surface area contributed by atoms with Crippen LogP contribution in [0.5, 0.6) is 0 Å². The fraction of sp³-hybridized carbons (Fsp3) is 1.00.